The van der Waals surface area contributed by atoms with Gasteiger partial charge in [0.1, 0.15) is 5.75 Å². The van der Waals surface area contributed by atoms with Gasteiger partial charge in [0.05, 0.1) is 0 Å². The Morgan fingerprint density at radius 3 is 2.59 bits per heavy atom. The van der Waals surface area contributed by atoms with Crippen LogP contribution in [0, 0.1) is 0 Å². The van der Waals surface area contributed by atoms with E-state index >= 15 is 0 Å². The number of aromatic nitrogens is 1. The minimum Gasteiger partial charge on any atom is -0.508 e. The molecule has 1 aromatic carbocycles. The molecule has 0 aliphatic carbocycles. The number of benzene rings is 1. The van der Waals surface area contributed by atoms with E-state index in [9.17, 15) is 5.11 Å². The highest BCUT2D eigenvalue weighted by molar-refractivity contribution is 9.09. The maximum atomic E-state index is 9.24. The zero-order valence-electron chi connectivity index (χ0n) is 9.62. The van der Waals surface area contributed by atoms with Gasteiger partial charge >= 0.3 is 0 Å². The molecular formula is C14H16BrNO. The molecule has 0 amide bonds. The molecule has 0 fully saturated rings. The number of phenols is 1. The van der Waals surface area contributed by atoms with Crippen molar-refractivity contribution in [2.75, 3.05) is 5.33 Å². The number of nitrogens with one attached hydrogen (secondary N) is 1. The van der Waals surface area contributed by atoms with Crippen LogP contribution in [-0.2, 0) is 6.42 Å². The van der Waals surface area contributed by atoms with Crippen LogP contribution in [0.15, 0.2) is 36.5 Å². The molecule has 2 rings (SSSR count). The standard InChI is InChI=1S/C14H16BrNO/c15-8-2-1-3-11-9-14(16-10-11)12-4-6-13(17)7-5-12/h4-7,9-10,16-17H,1-3,8H2. The van der Waals surface area contributed by atoms with Crippen molar-refractivity contribution in [1.82, 2.24) is 4.98 Å². The Hall–Kier alpha value is -1.22. The Balaban J connectivity index is 2.04. The van der Waals surface area contributed by atoms with Crippen LogP contribution in [0.5, 0.6) is 5.75 Å². The van der Waals surface area contributed by atoms with Crippen molar-refractivity contribution >= 4 is 15.9 Å². The Morgan fingerprint density at radius 1 is 1.12 bits per heavy atom. The minimum atomic E-state index is 0.304. The predicted octanol–water partition coefficient (Wildman–Crippen LogP) is 4.10. The highest BCUT2D eigenvalue weighted by Gasteiger charge is 2.02. The third-order valence-corrected chi connectivity index (χ3v) is 3.33. The molecule has 90 valence electrons. The number of phenolic OH excluding ortho intramolecular Hbond substituents is 1. The van der Waals surface area contributed by atoms with Gasteiger partial charge in [-0.2, -0.15) is 0 Å². The number of hydrogen-bond donors (Lipinski definition) is 2. The van der Waals surface area contributed by atoms with E-state index in [0.717, 1.165) is 23.0 Å². The molecule has 1 aromatic heterocycles. The van der Waals surface area contributed by atoms with E-state index in [1.54, 1.807) is 12.1 Å². The van der Waals surface area contributed by atoms with Crippen LogP contribution in [0.3, 0.4) is 0 Å². The van der Waals surface area contributed by atoms with Crippen LogP contribution >= 0.6 is 15.9 Å². The van der Waals surface area contributed by atoms with Crippen LogP contribution in [0.2, 0.25) is 0 Å². The molecule has 0 saturated heterocycles. The Kier molecular flexibility index (Phi) is 4.26. The fourth-order valence-electron chi connectivity index (χ4n) is 1.81. The lowest BCUT2D eigenvalue weighted by Crippen LogP contribution is -1.82. The number of aromatic amines is 1. The van der Waals surface area contributed by atoms with Gasteiger partial charge in [0.15, 0.2) is 0 Å². The Morgan fingerprint density at radius 2 is 1.88 bits per heavy atom. The molecule has 2 nitrogen and oxygen atoms in total. The first kappa shape index (κ1) is 12.2. The van der Waals surface area contributed by atoms with Gasteiger partial charge in [0.2, 0.25) is 0 Å². The molecule has 2 aromatic rings. The highest BCUT2D eigenvalue weighted by Crippen LogP contribution is 2.22. The fourth-order valence-corrected chi connectivity index (χ4v) is 2.21. The second-order valence-corrected chi connectivity index (χ2v) is 4.91. The van der Waals surface area contributed by atoms with E-state index in [2.05, 4.69) is 33.2 Å². The fraction of sp³-hybridized carbons (Fsp3) is 0.286. The Labute approximate surface area is 110 Å². The van der Waals surface area contributed by atoms with Crippen molar-refractivity contribution in [2.45, 2.75) is 19.3 Å². The van der Waals surface area contributed by atoms with Crippen LogP contribution in [0.25, 0.3) is 11.3 Å². The lowest BCUT2D eigenvalue weighted by Gasteiger charge is -1.97. The number of hydrogen-bond acceptors (Lipinski definition) is 1. The minimum absolute atomic E-state index is 0.304. The summed E-state index contributed by atoms with van der Waals surface area (Å²) in [6.45, 7) is 0. The third kappa shape index (κ3) is 3.37. The van der Waals surface area contributed by atoms with Gasteiger partial charge < -0.3 is 10.1 Å². The lowest BCUT2D eigenvalue weighted by molar-refractivity contribution is 0.475. The highest BCUT2D eigenvalue weighted by atomic mass is 79.9. The summed E-state index contributed by atoms with van der Waals surface area (Å²) < 4.78 is 0. The first-order chi connectivity index (χ1) is 8.29. The van der Waals surface area contributed by atoms with Crippen molar-refractivity contribution in [1.29, 1.82) is 0 Å². The average molecular weight is 294 g/mol. The predicted molar refractivity (Wildman–Crippen MR) is 74.6 cm³/mol. The zero-order chi connectivity index (χ0) is 12.1. The van der Waals surface area contributed by atoms with Crippen molar-refractivity contribution in [3.63, 3.8) is 0 Å². The number of aryl methyl sites for hydroxylation is 1. The number of unbranched alkanes of at least 4 members (excludes halogenated alkanes) is 1. The van der Waals surface area contributed by atoms with Crippen molar-refractivity contribution in [2.24, 2.45) is 0 Å². The van der Waals surface area contributed by atoms with Crippen LogP contribution in [0.1, 0.15) is 18.4 Å². The third-order valence-electron chi connectivity index (χ3n) is 2.77. The van der Waals surface area contributed by atoms with E-state index in [4.69, 9.17) is 0 Å². The summed E-state index contributed by atoms with van der Waals surface area (Å²) in [5.41, 5.74) is 3.56. The second-order valence-electron chi connectivity index (χ2n) is 4.11. The maximum Gasteiger partial charge on any atom is 0.115 e. The molecule has 2 N–H and O–H groups in total. The molecule has 0 aliphatic heterocycles. The van der Waals surface area contributed by atoms with Gasteiger partial charge in [-0.05, 0) is 60.7 Å². The summed E-state index contributed by atoms with van der Waals surface area (Å²) in [7, 11) is 0. The topological polar surface area (TPSA) is 36.0 Å². The van der Waals surface area contributed by atoms with Gasteiger partial charge in [0, 0.05) is 17.2 Å². The zero-order valence-corrected chi connectivity index (χ0v) is 11.2. The maximum absolute atomic E-state index is 9.24. The normalized spacial score (nSPS) is 10.6. The quantitative estimate of drug-likeness (QED) is 0.632. The molecule has 1 heterocycles. The summed E-state index contributed by atoms with van der Waals surface area (Å²) in [4.78, 5) is 3.28. The summed E-state index contributed by atoms with van der Waals surface area (Å²) in [5, 5.41) is 10.3. The first-order valence-electron chi connectivity index (χ1n) is 5.82. The molecular weight excluding hydrogens is 278 g/mol. The molecule has 17 heavy (non-hydrogen) atoms. The average Bonchev–Trinajstić information content (AvgIpc) is 2.79. The molecule has 0 atom stereocenters. The molecule has 0 spiro atoms. The van der Waals surface area contributed by atoms with E-state index in [1.807, 2.05) is 12.1 Å². The summed E-state index contributed by atoms with van der Waals surface area (Å²) >= 11 is 3.44. The SMILES string of the molecule is Oc1ccc(-c2cc(CCCCBr)c[nH]2)cc1. The van der Waals surface area contributed by atoms with E-state index in [0.29, 0.717) is 5.75 Å². The molecule has 0 bridgehead atoms. The first-order valence-corrected chi connectivity index (χ1v) is 6.94. The smallest absolute Gasteiger partial charge is 0.115 e. The van der Waals surface area contributed by atoms with Crippen LogP contribution in [0.4, 0.5) is 0 Å². The monoisotopic (exact) mass is 293 g/mol. The summed E-state index contributed by atoms with van der Waals surface area (Å²) in [6, 6.07) is 9.44. The van der Waals surface area contributed by atoms with E-state index in [-0.39, 0.29) is 0 Å². The van der Waals surface area contributed by atoms with Crippen LogP contribution < -0.4 is 0 Å². The van der Waals surface area contributed by atoms with Crippen LogP contribution in [-0.4, -0.2) is 15.4 Å². The van der Waals surface area contributed by atoms with E-state index < -0.39 is 0 Å². The number of alkyl halides is 1. The Bertz CT molecular complexity index is 461. The van der Waals surface area contributed by atoms with Gasteiger partial charge in [-0.25, -0.2) is 0 Å². The number of H-pyrrole nitrogens is 1. The second kappa shape index (κ2) is 5.92. The number of rotatable bonds is 5. The summed E-state index contributed by atoms with van der Waals surface area (Å²) in [6.07, 6.45) is 5.59. The molecule has 0 unspecified atom stereocenters. The van der Waals surface area contributed by atoms with Crippen molar-refractivity contribution in [3.05, 3.63) is 42.1 Å². The van der Waals surface area contributed by atoms with Gasteiger partial charge in [-0.1, -0.05) is 15.9 Å². The lowest BCUT2D eigenvalue weighted by atomic mass is 10.1. The van der Waals surface area contributed by atoms with Gasteiger partial charge in [-0.3, -0.25) is 0 Å². The summed E-state index contributed by atoms with van der Waals surface area (Å²) in [5.74, 6) is 0.304. The molecule has 0 saturated carbocycles. The van der Waals surface area contributed by atoms with E-state index in [1.165, 1.54) is 18.4 Å². The number of halogens is 1. The molecule has 0 aliphatic rings. The number of aromatic hydroxyl groups is 1. The largest absolute Gasteiger partial charge is 0.508 e. The molecule has 0 radical (unpaired) electrons. The van der Waals surface area contributed by atoms with Gasteiger partial charge in [-0.15, -0.1) is 0 Å². The van der Waals surface area contributed by atoms with Crippen molar-refractivity contribution in [3.8, 4) is 17.0 Å². The van der Waals surface area contributed by atoms with Crippen molar-refractivity contribution < 1.29 is 5.11 Å². The molecule has 3 heteroatoms. The van der Waals surface area contributed by atoms with Gasteiger partial charge in [0.25, 0.3) is 0 Å².